The first-order valence-electron chi connectivity index (χ1n) is 42.3. The number of sulfonamides is 3. The maximum atomic E-state index is 13.5. The Hall–Kier alpha value is -10.8. The molecule has 3 unspecified atom stereocenters. The summed E-state index contributed by atoms with van der Waals surface area (Å²) in [4.78, 5) is 100. The van der Waals surface area contributed by atoms with Gasteiger partial charge in [0.05, 0.1) is 51.9 Å². The predicted molar refractivity (Wildman–Crippen MR) is 484 cm³/mol. The number of aromatic nitrogens is 9. The number of ether oxygens (including phenoxy) is 1. The van der Waals surface area contributed by atoms with Gasteiger partial charge < -0.3 is 35.4 Å². The molecular formula is C92H117ClN18O11S3. The van der Waals surface area contributed by atoms with Gasteiger partial charge in [-0.15, -0.1) is 0 Å². The number of carbonyl (C=O) groups is 4. The van der Waals surface area contributed by atoms with Crippen LogP contribution >= 0.6 is 11.6 Å². The number of rotatable bonds is 11. The first-order valence-corrected chi connectivity index (χ1v) is 47.2. The van der Waals surface area contributed by atoms with Crippen LogP contribution in [-0.2, 0) is 51.1 Å². The third-order valence-corrected chi connectivity index (χ3v) is 27.0. The Labute approximate surface area is 740 Å². The maximum absolute atomic E-state index is 13.5. The van der Waals surface area contributed by atoms with Crippen LogP contribution < -0.4 is 39.9 Å². The molecule has 33 heteroatoms. The molecule has 3 fully saturated rings. The van der Waals surface area contributed by atoms with Gasteiger partial charge in [-0.25, -0.2) is 48.9 Å². The second kappa shape index (κ2) is 36.6. The van der Waals surface area contributed by atoms with Gasteiger partial charge in [0.15, 0.2) is 15.1 Å². The monoisotopic (exact) mass is 1780 g/mol. The lowest BCUT2D eigenvalue weighted by Crippen LogP contribution is -2.45. The minimum atomic E-state index is -4.35. The van der Waals surface area contributed by atoms with Crippen LogP contribution in [0.3, 0.4) is 0 Å². The lowest BCUT2D eigenvalue weighted by Gasteiger charge is -2.34. The molecule has 4 amide bonds. The number of pyridine rings is 9. The molecule has 666 valence electrons. The second-order valence-corrected chi connectivity index (χ2v) is 44.1. The van der Waals surface area contributed by atoms with Crippen LogP contribution in [0.15, 0.2) is 179 Å². The van der Waals surface area contributed by atoms with Crippen molar-refractivity contribution in [1.29, 1.82) is 0 Å². The average Bonchev–Trinajstić information content (AvgIpc) is 1.65. The molecule has 3 saturated heterocycles. The van der Waals surface area contributed by atoms with Crippen LogP contribution in [0.1, 0.15) is 266 Å². The van der Waals surface area contributed by atoms with Gasteiger partial charge in [0.2, 0.25) is 0 Å². The summed E-state index contributed by atoms with van der Waals surface area (Å²) >= 11 is 6.26. The zero-order chi connectivity index (χ0) is 90.8. The Morgan fingerprint density at radius 2 is 0.992 bits per heavy atom. The number of anilines is 5. The number of fused-ring (bicyclic) bond motifs is 12. The molecule has 6 atom stereocenters. The number of nitrogens with zero attached hydrogens (tertiary/aromatic N) is 12. The molecule has 0 aromatic carbocycles. The maximum Gasteiger partial charge on any atom is 0.410 e. The molecular weight excluding hydrogens is 1660 g/mol. The van der Waals surface area contributed by atoms with Crippen molar-refractivity contribution < 1.29 is 49.2 Å². The summed E-state index contributed by atoms with van der Waals surface area (Å²) in [7, 11) is -12.8. The number of hydrogen-bond acceptors (Lipinski definition) is 25. The highest BCUT2D eigenvalue weighted by molar-refractivity contribution is 7.90. The van der Waals surface area contributed by atoms with Gasteiger partial charge in [-0.05, 0) is 247 Å². The minimum Gasteiger partial charge on any atom is -0.444 e. The van der Waals surface area contributed by atoms with Gasteiger partial charge in [0.25, 0.3) is 47.8 Å². The molecule has 9 aromatic heterocycles. The summed E-state index contributed by atoms with van der Waals surface area (Å²) in [5.41, 5.74) is 2.94. The van der Waals surface area contributed by atoms with Crippen molar-refractivity contribution >= 4 is 94.6 Å². The summed E-state index contributed by atoms with van der Waals surface area (Å²) in [5, 5.41) is 9.24. The van der Waals surface area contributed by atoms with E-state index in [2.05, 4.69) is 144 Å². The summed E-state index contributed by atoms with van der Waals surface area (Å²) < 4.78 is 92.0. The molecule has 8 bridgehead atoms. The summed E-state index contributed by atoms with van der Waals surface area (Å²) in [6.07, 6.45) is 12.3. The molecule has 9 aromatic rings. The first-order chi connectivity index (χ1) is 58.4. The third-order valence-electron chi connectivity index (χ3n) is 23.0. The molecule has 5 aliphatic rings. The molecule has 0 saturated carbocycles. The standard InChI is InChI=1S/C34H45ClN6O5S.2C29H36N6O3S/c1-32(2,3)26-18-16-23(29(35)38-26)30(42)40-47(44,45)28-14-11-13-27(39-28)37-25(24-12-9-10-19-36-24)17-15-22-20-34(7,8)41(21-22)31(43)46-33(4,5)6;2*1-28(2,3)23-15-13-20-26(32-23)35-18-19(17-29(35,4)5)12-14-22(21-9-6-7-16-30-21)31-24-10-8-11-25(33-24)39(37,38)34-27(20)36/h9-14,16,18-19,22,25H,15,17,20-21H2,1-8H3,(H,37,39)(H,40,42);2*6-11,13,15-16,19,22H,12,14,17-18H2,1-5H3,(H,31,33)(H,34,36)/t22-,25?;2*19-,22?/m000/s1. The Kier molecular flexibility index (Phi) is 27.3. The van der Waals surface area contributed by atoms with Crippen LogP contribution in [0, 0.1) is 17.8 Å². The van der Waals surface area contributed by atoms with Crippen molar-refractivity contribution in [3.8, 4) is 0 Å². The zero-order valence-corrected chi connectivity index (χ0v) is 77.7. The fourth-order valence-electron chi connectivity index (χ4n) is 16.6. The number of amides is 4. The Morgan fingerprint density at radius 3 is 1.44 bits per heavy atom. The summed E-state index contributed by atoms with van der Waals surface area (Å²) in [6, 6.07) is 40.6. The predicted octanol–water partition coefficient (Wildman–Crippen LogP) is 16.6. The molecule has 29 nitrogen and oxygen atoms in total. The van der Waals surface area contributed by atoms with Gasteiger partial charge in [0, 0.05) is 88.2 Å². The first kappa shape index (κ1) is 93.3. The fraction of sp³-hybridized carbons (Fsp3) is 0.467. The minimum absolute atomic E-state index is 0.0620. The van der Waals surface area contributed by atoms with E-state index in [4.69, 9.17) is 26.3 Å². The van der Waals surface area contributed by atoms with Crippen LogP contribution in [0.25, 0.3) is 0 Å². The van der Waals surface area contributed by atoms with Crippen molar-refractivity contribution in [1.82, 2.24) is 63.9 Å². The van der Waals surface area contributed by atoms with E-state index in [1.165, 1.54) is 24.3 Å². The quantitative estimate of drug-likeness (QED) is 0.0655. The van der Waals surface area contributed by atoms with Gasteiger partial charge in [-0.3, -0.25) is 29.3 Å². The van der Waals surface area contributed by atoms with Crippen molar-refractivity contribution in [3.63, 3.8) is 0 Å². The van der Waals surface area contributed by atoms with Crippen LogP contribution in [0.4, 0.5) is 33.9 Å². The molecule has 14 heterocycles. The van der Waals surface area contributed by atoms with E-state index in [-0.39, 0.29) is 99.9 Å². The van der Waals surface area contributed by atoms with E-state index in [9.17, 15) is 44.4 Å². The van der Waals surface area contributed by atoms with Crippen molar-refractivity contribution in [3.05, 3.63) is 220 Å². The summed E-state index contributed by atoms with van der Waals surface area (Å²) in [6.45, 7) is 38.6. The number of halogens is 1. The molecule has 6 N–H and O–H groups in total. The van der Waals surface area contributed by atoms with E-state index in [0.717, 1.165) is 79.8 Å². The number of carbonyl (C=O) groups excluding carboxylic acids is 4. The molecule has 5 aliphatic heterocycles. The van der Waals surface area contributed by atoms with E-state index in [1.54, 1.807) is 90.2 Å². The third kappa shape index (κ3) is 23.1. The smallest absolute Gasteiger partial charge is 0.410 e. The SMILES string of the molecule is CC(C)(C)OC(=O)N1C[C@@H](CCC(Nc2cccc(S(=O)(=O)NC(=O)c3ccc(C(C)(C)C)nc3Cl)n2)c2ccccn2)CC1(C)C.CC(C)(C)c1ccc2c(n1)N1C[C@@H](CCC(c3ccccn3)Nc3cccc(n3)S(=O)(=O)NC2=O)CC1(C)C.CC(C)(C)c1ccc2c(n1)N1C[C@@H](CCC(c3ccccn3)Nc3cccc(n3)S(=O)(=O)NC2=O)CC1(C)C. The van der Waals surface area contributed by atoms with E-state index in [0.29, 0.717) is 72.7 Å². The average molecular weight is 1780 g/mol. The highest BCUT2D eigenvalue weighted by atomic mass is 35.5. The topological polar surface area (TPSA) is 378 Å². The zero-order valence-electron chi connectivity index (χ0n) is 74.5. The number of likely N-dealkylation sites (tertiary alicyclic amines) is 1. The Balaban J connectivity index is 0.000000172. The Bertz CT molecular complexity index is 5560. The normalized spacial score (nSPS) is 20.6. The fourth-order valence-corrected chi connectivity index (χ4v) is 19.7. The van der Waals surface area contributed by atoms with Crippen LogP contribution in [0.5, 0.6) is 0 Å². The number of nitrogens with one attached hydrogen (secondary N) is 6. The van der Waals surface area contributed by atoms with Crippen LogP contribution in [-0.4, -0.2) is 141 Å². The highest BCUT2D eigenvalue weighted by Gasteiger charge is 2.46. The second-order valence-electron chi connectivity index (χ2n) is 38.9. The molecule has 0 spiro atoms. The largest absolute Gasteiger partial charge is 0.444 e. The van der Waals surface area contributed by atoms with Gasteiger partial charge >= 0.3 is 6.09 Å². The van der Waals surface area contributed by atoms with Crippen molar-refractivity contribution in [2.24, 2.45) is 17.8 Å². The van der Waals surface area contributed by atoms with Gasteiger partial charge in [-0.1, -0.05) is 110 Å². The van der Waals surface area contributed by atoms with Gasteiger partial charge in [-0.2, -0.15) is 25.3 Å². The van der Waals surface area contributed by atoms with E-state index in [1.807, 2.05) is 110 Å². The molecule has 125 heavy (non-hydrogen) atoms. The Morgan fingerprint density at radius 1 is 0.528 bits per heavy atom. The molecule has 0 radical (unpaired) electrons. The highest BCUT2D eigenvalue weighted by Crippen LogP contribution is 2.45. The number of hydrogen-bond donors (Lipinski definition) is 6. The van der Waals surface area contributed by atoms with Crippen LogP contribution in [0.2, 0.25) is 5.15 Å². The lowest BCUT2D eigenvalue weighted by atomic mass is 9.90. The molecule has 14 rings (SSSR count). The lowest BCUT2D eigenvalue weighted by molar-refractivity contribution is 0.0130. The molecule has 0 aliphatic carbocycles. The van der Waals surface area contributed by atoms with Gasteiger partial charge in [0.1, 0.15) is 39.8 Å². The van der Waals surface area contributed by atoms with E-state index < -0.39 is 53.4 Å². The van der Waals surface area contributed by atoms with Crippen molar-refractivity contribution in [2.75, 3.05) is 45.4 Å². The van der Waals surface area contributed by atoms with Crippen molar-refractivity contribution in [2.45, 2.75) is 254 Å². The summed E-state index contributed by atoms with van der Waals surface area (Å²) in [5.74, 6) is 0.687. The van der Waals surface area contributed by atoms with E-state index >= 15 is 0 Å².